The maximum absolute atomic E-state index is 8.70. The van der Waals surface area contributed by atoms with Crippen molar-refractivity contribution < 1.29 is 14.9 Å². The van der Waals surface area contributed by atoms with Gasteiger partial charge in [-0.1, -0.05) is 40.3 Å². The van der Waals surface area contributed by atoms with Crippen molar-refractivity contribution in [1.82, 2.24) is 0 Å². The van der Waals surface area contributed by atoms with E-state index in [1.807, 2.05) is 12.1 Å². The fraction of sp³-hybridized carbons (Fsp3) is 0.647. The molecule has 0 aliphatic carbocycles. The topological polar surface area (TPSA) is 49.7 Å². The molecule has 1 aromatic rings. The zero-order chi connectivity index (χ0) is 14.3. The van der Waals surface area contributed by atoms with E-state index < -0.39 is 6.29 Å². The van der Waals surface area contributed by atoms with Crippen LogP contribution in [0.15, 0.2) is 24.3 Å². The minimum Gasteiger partial charge on any atom is -0.494 e. The Kier molecular flexibility index (Phi) is 8.51. The summed E-state index contributed by atoms with van der Waals surface area (Å²) in [5, 5.41) is 17.4. The Morgan fingerprint density at radius 3 is 2.10 bits per heavy atom. The summed E-state index contributed by atoms with van der Waals surface area (Å²) >= 11 is 0. The Labute approximate surface area is 123 Å². The van der Waals surface area contributed by atoms with Gasteiger partial charge in [0.15, 0.2) is 6.29 Å². The van der Waals surface area contributed by atoms with Crippen LogP contribution < -0.4 is 4.74 Å². The second-order valence-electron chi connectivity index (χ2n) is 5.95. The molecule has 0 amide bonds. The van der Waals surface area contributed by atoms with Crippen LogP contribution in [0, 0.1) is 0 Å². The van der Waals surface area contributed by atoms with Crippen LogP contribution >= 0.6 is 0 Å². The monoisotopic (exact) mass is 282 g/mol. The average molecular weight is 282 g/mol. The molecule has 3 nitrogen and oxygen atoms in total. The largest absolute Gasteiger partial charge is 0.494 e. The molecule has 2 N–H and O–H groups in total. The highest BCUT2D eigenvalue weighted by atomic mass is 16.5. The van der Waals surface area contributed by atoms with E-state index in [4.69, 9.17) is 14.9 Å². The minimum atomic E-state index is -1.18. The first-order valence-corrected chi connectivity index (χ1v) is 6.99. The van der Waals surface area contributed by atoms with Crippen molar-refractivity contribution in [3.8, 4) is 5.75 Å². The van der Waals surface area contributed by atoms with Crippen LogP contribution in [0.25, 0.3) is 0 Å². The van der Waals surface area contributed by atoms with Crippen molar-refractivity contribution >= 4 is 0 Å². The molecular weight excluding hydrogens is 252 g/mol. The average Bonchev–Trinajstić information content (AvgIpc) is 2.32. The molecular formula is C17H30O3. The van der Waals surface area contributed by atoms with E-state index in [2.05, 4.69) is 32.9 Å². The third-order valence-electron chi connectivity index (χ3n) is 3.10. The quantitative estimate of drug-likeness (QED) is 0.589. The summed E-state index contributed by atoms with van der Waals surface area (Å²) in [6.07, 6.45) is 1.99. The van der Waals surface area contributed by atoms with Gasteiger partial charge in [0, 0.05) is 0 Å². The molecule has 20 heavy (non-hydrogen) atoms. The normalized spacial score (nSPS) is 11.3. The molecule has 0 spiro atoms. The summed E-state index contributed by atoms with van der Waals surface area (Å²) in [5.41, 5.74) is 1.47. The molecule has 0 atom stereocenters. The van der Waals surface area contributed by atoms with Crippen molar-refractivity contribution in [3.05, 3.63) is 29.8 Å². The van der Waals surface area contributed by atoms with Crippen LogP contribution in [0.1, 0.15) is 59.4 Å². The molecule has 0 aliphatic rings. The van der Waals surface area contributed by atoms with Crippen molar-refractivity contribution in [1.29, 1.82) is 0 Å². The van der Waals surface area contributed by atoms with Gasteiger partial charge in [-0.05, 0) is 48.8 Å². The fourth-order valence-electron chi connectivity index (χ4n) is 1.85. The second kappa shape index (κ2) is 8.98. The van der Waals surface area contributed by atoms with E-state index in [0.717, 1.165) is 25.0 Å². The van der Waals surface area contributed by atoms with Gasteiger partial charge in [0.25, 0.3) is 0 Å². The van der Waals surface area contributed by atoms with Gasteiger partial charge in [-0.15, -0.1) is 0 Å². The maximum atomic E-state index is 8.70. The molecule has 0 saturated heterocycles. The molecule has 3 heteroatoms. The van der Waals surface area contributed by atoms with Crippen LogP contribution in [-0.4, -0.2) is 23.1 Å². The Bertz CT molecular complexity index is 349. The van der Waals surface area contributed by atoms with Gasteiger partial charge in [-0.2, -0.15) is 0 Å². The summed E-state index contributed by atoms with van der Waals surface area (Å²) < 4.78 is 5.66. The maximum Gasteiger partial charge on any atom is 0.151 e. The zero-order valence-electron chi connectivity index (χ0n) is 12.2. The third kappa shape index (κ3) is 7.51. The van der Waals surface area contributed by atoms with Gasteiger partial charge in [-0.3, -0.25) is 0 Å². The summed E-state index contributed by atoms with van der Waals surface area (Å²) in [6, 6.07) is 8.24. The number of aliphatic hydroxyl groups excluding tert-OH is 1. The Morgan fingerprint density at radius 1 is 1.00 bits per heavy atom. The highest BCUT2D eigenvalue weighted by Gasteiger charge is 2.12. The lowest BCUT2D eigenvalue weighted by molar-refractivity contribution is -0.0466. The standard InChI is InChI=1S/C16H26O3.CH4/c1-16(2,3)13-8-10-14(11-9-13)19-12-6-4-5-7-15(17)18;/h8-11,15,17-18H,4-7,12H2,1-3H3;1H4. The molecule has 1 rings (SSSR count). The zero-order valence-corrected chi connectivity index (χ0v) is 12.2. The molecule has 0 radical (unpaired) electrons. The molecule has 0 bridgehead atoms. The van der Waals surface area contributed by atoms with Gasteiger partial charge in [-0.25, -0.2) is 0 Å². The van der Waals surface area contributed by atoms with Crippen LogP contribution in [0.4, 0.5) is 0 Å². The lowest BCUT2D eigenvalue weighted by Crippen LogP contribution is -2.10. The molecule has 116 valence electrons. The second-order valence-corrected chi connectivity index (χ2v) is 5.95. The number of hydrogen-bond acceptors (Lipinski definition) is 3. The molecule has 0 fully saturated rings. The highest BCUT2D eigenvalue weighted by molar-refractivity contribution is 5.31. The number of unbranched alkanes of at least 4 members (excludes halogenated alkanes) is 2. The number of hydrogen-bond donors (Lipinski definition) is 2. The summed E-state index contributed by atoms with van der Waals surface area (Å²) in [4.78, 5) is 0. The van der Waals surface area contributed by atoms with E-state index in [1.165, 1.54) is 5.56 Å². The molecule has 0 heterocycles. The van der Waals surface area contributed by atoms with Crippen molar-refractivity contribution in [2.45, 2.75) is 65.6 Å². The number of rotatable bonds is 7. The van der Waals surface area contributed by atoms with Crippen LogP contribution in [0.2, 0.25) is 0 Å². The lowest BCUT2D eigenvalue weighted by atomic mass is 9.87. The SMILES string of the molecule is C.CC(C)(C)c1ccc(OCCCCCC(O)O)cc1. The van der Waals surface area contributed by atoms with Crippen molar-refractivity contribution in [2.75, 3.05) is 6.61 Å². The van der Waals surface area contributed by atoms with Gasteiger partial charge in [0.05, 0.1) is 6.61 Å². The van der Waals surface area contributed by atoms with Gasteiger partial charge < -0.3 is 14.9 Å². The van der Waals surface area contributed by atoms with Gasteiger partial charge in [0.1, 0.15) is 5.75 Å². The van der Waals surface area contributed by atoms with Crippen LogP contribution in [0.5, 0.6) is 5.75 Å². The van der Waals surface area contributed by atoms with Gasteiger partial charge in [0.2, 0.25) is 0 Å². The van der Waals surface area contributed by atoms with E-state index in [9.17, 15) is 0 Å². The predicted octanol–water partition coefficient (Wildman–Crippen LogP) is 3.87. The summed E-state index contributed by atoms with van der Waals surface area (Å²) in [7, 11) is 0. The first-order valence-electron chi connectivity index (χ1n) is 6.99. The highest BCUT2D eigenvalue weighted by Crippen LogP contribution is 2.24. The molecule has 0 aliphatic heterocycles. The van der Waals surface area contributed by atoms with Crippen molar-refractivity contribution in [3.63, 3.8) is 0 Å². The third-order valence-corrected chi connectivity index (χ3v) is 3.10. The van der Waals surface area contributed by atoms with E-state index in [1.54, 1.807) is 0 Å². The smallest absolute Gasteiger partial charge is 0.151 e. The first kappa shape index (κ1) is 18.9. The van der Waals surface area contributed by atoms with Crippen LogP contribution in [-0.2, 0) is 5.41 Å². The predicted molar refractivity (Wildman–Crippen MR) is 84.1 cm³/mol. The fourth-order valence-corrected chi connectivity index (χ4v) is 1.85. The number of ether oxygens (including phenoxy) is 1. The molecule has 0 saturated carbocycles. The number of aliphatic hydroxyl groups is 2. The minimum absolute atomic E-state index is 0. The Balaban J connectivity index is 0.00000361. The molecule has 0 aromatic heterocycles. The molecule has 0 unspecified atom stereocenters. The first-order chi connectivity index (χ1) is 8.89. The lowest BCUT2D eigenvalue weighted by Gasteiger charge is -2.19. The van der Waals surface area contributed by atoms with E-state index >= 15 is 0 Å². The van der Waals surface area contributed by atoms with E-state index in [-0.39, 0.29) is 12.8 Å². The summed E-state index contributed by atoms with van der Waals surface area (Å²) in [6.45, 7) is 7.26. The summed E-state index contributed by atoms with van der Waals surface area (Å²) in [5.74, 6) is 0.898. The van der Waals surface area contributed by atoms with Crippen molar-refractivity contribution in [2.24, 2.45) is 0 Å². The van der Waals surface area contributed by atoms with Gasteiger partial charge >= 0.3 is 0 Å². The Hall–Kier alpha value is -1.06. The molecule has 1 aromatic carbocycles. The van der Waals surface area contributed by atoms with E-state index in [0.29, 0.717) is 13.0 Å². The van der Waals surface area contributed by atoms with Crippen LogP contribution in [0.3, 0.4) is 0 Å². The number of benzene rings is 1. The Morgan fingerprint density at radius 2 is 1.60 bits per heavy atom.